The summed E-state index contributed by atoms with van der Waals surface area (Å²) in [6.45, 7) is 0.947. The van der Waals surface area contributed by atoms with Crippen LogP contribution in [0, 0.1) is 5.92 Å². The van der Waals surface area contributed by atoms with Crippen LogP contribution in [0.3, 0.4) is 0 Å². The highest BCUT2D eigenvalue weighted by atomic mass is 16.2. The van der Waals surface area contributed by atoms with E-state index in [4.69, 9.17) is 0 Å². The van der Waals surface area contributed by atoms with Crippen molar-refractivity contribution in [1.29, 1.82) is 0 Å². The second-order valence-corrected chi connectivity index (χ2v) is 5.46. The first-order valence-corrected chi connectivity index (χ1v) is 7.33. The minimum Gasteiger partial charge on any atom is -0.354 e. The lowest BCUT2D eigenvalue weighted by molar-refractivity contribution is -0.121. The fourth-order valence-corrected chi connectivity index (χ4v) is 2.71. The van der Waals surface area contributed by atoms with Crippen molar-refractivity contribution in [2.45, 2.75) is 32.1 Å². The van der Waals surface area contributed by atoms with Gasteiger partial charge in [-0.15, -0.1) is 0 Å². The Balaban J connectivity index is 1.60. The Morgan fingerprint density at radius 1 is 1.25 bits per heavy atom. The van der Waals surface area contributed by atoms with Gasteiger partial charge in [-0.25, -0.2) is 0 Å². The van der Waals surface area contributed by atoms with E-state index < -0.39 is 0 Å². The zero-order valence-electron chi connectivity index (χ0n) is 12.0. The number of hydrogen-bond donors (Lipinski definition) is 2. The van der Waals surface area contributed by atoms with Crippen molar-refractivity contribution in [3.63, 3.8) is 0 Å². The van der Waals surface area contributed by atoms with Gasteiger partial charge < -0.3 is 15.2 Å². The first kappa shape index (κ1) is 14.6. The normalized spacial score (nSPS) is 15.2. The lowest BCUT2D eigenvalue weighted by atomic mass is 10.0. The molecule has 1 aliphatic carbocycles. The third-order valence-electron chi connectivity index (χ3n) is 3.86. The van der Waals surface area contributed by atoms with Crippen LogP contribution < -0.4 is 10.6 Å². The standard InChI is InChI=1S/C15H23N3O2/c1-18-10-4-7-13(18)15(20)17-9-8-16-14(19)11-12-5-2-3-6-12/h4,7,10,12H,2-3,5-6,8-9,11H2,1H3,(H,16,19)(H,17,20). The summed E-state index contributed by atoms with van der Waals surface area (Å²) in [6, 6.07) is 3.60. The summed E-state index contributed by atoms with van der Waals surface area (Å²) in [6.07, 6.45) is 7.33. The summed E-state index contributed by atoms with van der Waals surface area (Å²) in [4.78, 5) is 23.5. The number of amides is 2. The van der Waals surface area contributed by atoms with Crippen LogP contribution in [0.15, 0.2) is 18.3 Å². The van der Waals surface area contributed by atoms with Crippen molar-refractivity contribution in [1.82, 2.24) is 15.2 Å². The number of carbonyl (C=O) groups is 2. The Morgan fingerprint density at radius 2 is 1.95 bits per heavy atom. The molecule has 0 saturated heterocycles. The van der Waals surface area contributed by atoms with E-state index in [1.807, 2.05) is 19.3 Å². The minimum atomic E-state index is -0.109. The number of carbonyl (C=O) groups excluding carboxylic acids is 2. The summed E-state index contributed by atoms with van der Waals surface area (Å²) in [5.41, 5.74) is 0.627. The van der Waals surface area contributed by atoms with Crippen molar-refractivity contribution >= 4 is 11.8 Å². The highest BCUT2D eigenvalue weighted by Crippen LogP contribution is 2.27. The number of nitrogens with zero attached hydrogens (tertiary/aromatic N) is 1. The molecule has 20 heavy (non-hydrogen) atoms. The molecule has 0 aliphatic heterocycles. The van der Waals surface area contributed by atoms with Gasteiger partial charge in [0, 0.05) is 32.8 Å². The second kappa shape index (κ2) is 7.12. The van der Waals surface area contributed by atoms with Crippen LogP contribution in [0.4, 0.5) is 0 Å². The van der Waals surface area contributed by atoms with Gasteiger partial charge in [0.15, 0.2) is 0 Å². The molecule has 0 bridgehead atoms. The van der Waals surface area contributed by atoms with E-state index in [-0.39, 0.29) is 11.8 Å². The third-order valence-corrected chi connectivity index (χ3v) is 3.86. The van der Waals surface area contributed by atoms with Crippen LogP contribution in [0.25, 0.3) is 0 Å². The van der Waals surface area contributed by atoms with Crippen LogP contribution in [0.5, 0.6) is 0 Å². The van der Waals surface area contributed by atoms with Crippen molar-refractivity contribution < 1.29 is 9.59 Å². The maximum absolute atomic E-state index is 11.8. The molecule has 2 rings (SSSR count). The SMILES string of the molecule is Cn1cccc1C(=O)NCCNC(=O)CC1CCCC1. The van der Waals surface area contributed by atoms with Gasteiger partial charge in [0.1, 0.15) is 5.69 Å². The van der Waals surface area contributed by atoms with E-state index in [9.17, 15) is 9.59 Å². The molecule has 5 nitrogen and oxygen atoms in total. The van der Waals surface area contributed by atoms with Gasteiger partial charge in [0.05, 0.1) is 0 Å². The first-order valence-electron chi connectivity index (χ1n) is 7.33. The molecule has 0 radical (unpaired) electrons. The van der Waals surface area contributed by atoms with Crippen LogP contribution in [0.1, 0.15) is 42.6 Å². The molecule has 2 amide bonds. The molecular formula is C15H23N3O2. The molecule has 1 aromatic heterocycles. The molecule has 0 aromatic carbocycles. The number of nitrogens with one attached hydrogen (secondary N) is 2. The number of aromatic nitrogens is 1. The van der Waals surface area contributed by atoms with Crippen LogP contribution in [-0.4, -0.2) is 29.5 Å². The predicted octanol–water partition coefficient (Wildman–Crippen LogP) is 1.45. The van der Waals surface area contributed by atoms with Crippen molar-refractivity contribution in [2.24, 2.45) is 13.0 Å². The highest BCUT2D eigenvalue weighted by molar-refractivity contribution is 5.92. The van der Waals surface area contributed by atoms with Gasteiger partial charge in [0.25, 0.3) is 5.91 Å². The molecule has 1 fully saturated rings. The van der Waals surface area contributed by atoms with Crippen molar-refractivity contribution in [2.75, 3.05) is 13.1 Å². The van der Waals surface area contributed by atoms with Gasteiger partial charge >= 0.3 is 0 Å². The van der Waals surface area contributed by atoms with E-state index in [2.05, 4.69) is 10.6 Å². The molecule has 110 valence electrons. The Labute approximate surface area is 119 Å². The van der Waals surface area contributed by atoms with Gasteiger partial charge in [0.2, 0.25) is 5.91 Å². The Kier molecular flexibility index (Phi) is 5.21. The first-order chi connectivity index (χ1) is 9.66. The van der Waals surface area contributed by atoms with Gasteiger partial charge in [-0.3, -0.25) is 9.59 Å². The monoisotopic (exact) mass is 277 g/mol. The topological polar surface area (TPSA) is 63.1 Å². The second-order valence-electron chi connectivity index (χ2n) is 5.46. The van der Waals surface area contributed by atoms with Crippen LogP contribution in [0.2, 0.25) is 0 Å². The Morgan fingerprint density at radius 3 is 2.60 bits per heavy atom. The zero-order chi connectivity index (χ0) is 14.4. The fourth-order valence-electron chi connectivity index (χ4n) is 2.71. The van der Waals surface area contributed by atoms with Gasteiger partial charge in [-0.1, -0.05) is 12.8 Å². The molecule has 0 unspecified atom stereocenters. The largest absolute Gasteiger partial charge is 0.354 e. The Bertz CT molecular complexity index is 461. The minimum absolute atomic E-state index is 0.102. The lowest BCUT2D eigenvalue weighted by Gasteiger charge is -2.10. The third kappa shape index (κ3) is 4.11. The van der Waals surface area contributed by atoms with E-state index in [1.165, 1.54) is 25.7 Å². The van der Waals surface area contributed by atoms with Crippen LogP contribution >= 0.6 is 0 Å². The molecule has 0 spiro atoms. The molecule has 2 N–H and O–H groups in total. The van der Waals surface area contributed by atoms with E-state index >= 15 is 0 Å². The average Bonchev–Trinajstić information content (AvgIpc) is 3.06. The molecular weight excluding hydrogens is 254 g/mol. The van der Waals surface area contributed by atoms with Crippen molar-refractivity contribution in [3.05, 3.63) is 24.0 Å². The van der Waals surface area contributed by atoms with Crippen molar-refractivity contribution in [3.8, 4) is 0 Å². The highest BCUT2D eigenvalue weighted by Gasteiger charge is 2.18. The summed E-state index contributed by atoms with van der Waals surface area (Å²) in [5, 5.41) is 5.66. The van der Waals surface area contributed by atoms with E-state index in [1.54, 1.807) is 10.6 Å². The molecule has 1 heterocycles. The summed E-state index contributed by atoms with van der Waals surface area (Å²) >= 11 is 0. The predicted molar refractivity (Wildman–Crippen MR) is 77.3 cm³/mol. The molecule has 1 saturated carbocycles. The molecule has 5 heteroatoms. The van der Waals surface area contributed by atoms with Crippen LogP contribution in [-0.2, 0) is 11.8 Å². The van der Waals surface area contributed by atoms with Gasteiger partial charge in [-0.2, -0.15) is 0 Å². The van der Waals surface area contributed by atoms with E-state index in [0.717, 1.165) is 0 Å². The summed E-state index contributed by atoms with van der Waals surface area (Å²) < 4.78 is 1.77. The van der Waals surface area contributed by atoms with E-state index in [0.29, 0.717) is 31.1 Å². The number of hydrogen-bond acceptors (Lipinski definition) is 2. The molecule has 0 atom stereocenters. The summed E-state index contributed by atoms with van der Waals surface area (Å²) in [7, 11) is 1.83. The lowest BCUT2D eigenvalue weighted by Crippen LogP contribution is -2.35. The quantitative estimate of drug-likeness (QED) is 0.773. The fraction of sp³-hybridized carbons (Fsp3) is 0.600. The average molecular weight is 277 g/mol. The number of aryl methyl sites for hydroxylation is 1. The zero-order valence-corrected chi connectivity index (χ0v) is 12.0. The molecule has 1 aromatic rings. The molecule has 1 aliphatic rings. The maximum Gasteiger partial charge on any atom is 0.267 e. The number of rotatable bonds is 6. The summed E-state index contributed by atoms with van der Waals surface area (Å²) in [5.74, 6) is 0.556. The van der Waals surface area contributed by atoms with Gasteiger partial charge in [-0.05, 0) is 30.9 Å². The Hall–Kier alpha value is -1.78. The maximum atomic E-state index is 11.8. The smallest absolute Gasteiger partial charge is 0.267 e.